The molecule has 0 aliphatic heterocycles. The van der Waals surface area contributed by atoms with Gasteiger partial charge in [0.15, 0.2) is 11.5 Å². The minimum atomic E-state index is -0.374. The van der Waals surface area contributed by atoms with Crippen molar-refractivity contribution in [1.82, 2.24) is 5.43 Å². The number of carbonyl (C=O) groups is 1. The Morgan fingerprint density at radius 2 is 1.81 bits per heavy atom. The Morgan fingerprint density at radius 3 is 2.53 bits per heavy atom. The molecule has 0 spiro atoms. The Bertz CT molecular complexity index is 1100. The molecule has 8 heteroatoms. The summed E-state index contributed by atoms with van der Waals surface area (Å²) in [5.74, 6) is 1.29. The maximum absolute atomic E-state index is 12.6. The van der Waals surface area contributed by atoms with E-state index >= 15 is 0 Å². The van der Waals surface area contributed by atoms with Gasteiger partial charge in [-0.25, -0.2) is 5.43 Å². The summed E-state index contributed by atoms with van der Waals surface area (Å²) in [5.41, 5.74) is 4.68. The zero-order valence-corrected chi connectivity index (χ0v) is 20.8. The average Bonchev–Trinajstić information content (AvgIpc) is 2.80. The molecule has 32 heavy (non-hydrogen) atoms. The van der Waals surface area contributed by atoms with Gasteiger partial charge in [-0.1, -0.05) is 46.3 Å². The molecule has 0 atom stereocenters. The van der Waals surface area contributed by atoms with Crippen molar-refractivity contribution in [1.29, 1.82) is 0 Å². The second kappa shape index (κ2) is 11.7. The van der Waals surface area contributed by atoms with Gasteiger partial charge in [0.25, 0.3) is 5.91 Å². The Balaban J connectivity index is 1.69. The van der Waals surface area contributed by atoms with Crippen molar-refractivity contribution in [3.63, 3.8) is 0 Å². The summed E-state index contributed by atoms with van der Waals surface area (Å²) >= 11 is 6.92. The minimum Gasteiger partial charge on any atom is -0.493 e. The highest BCUT2D eigenvalue weighted by Crippen LogP contribution is 2.32. The van der Waals surface area contributed by atoms with Crippen molar-refractivity contribution >= 4 is 44.0 Å². The fourth-order valence-corrected chi connectivity index (χ4v) is 4.23. The van der Waals surface area contributed by atoms with Crippen LogP contribution in [0.1, 0.15) is 28.4 Å². The molecule has 0 fully saturated rings. The van der Waals surface area contributed by atoms with Crippen molar-refractivity contribution in [3.05, 3.63) is 86.3 Å². The van der Waals surface area contributed by atoms with E-state index in [4.69, 9.17) is 14.2 Å². The fraction of sp³-hybridized carbons (Fsp3) is 0.167. The van der Waals surface area contributed by atoms with Crippen molar-refractivity contribution < 1.29 is 19.0 Å². The summed E-state index contributed by atoms with van der Waals surface area (Å²) in [6.07, 6.45) is 1.53. The SMILES string of the molecule is CCOc1c(Br)cc(Br)cc1/C=N/NC(=O)c1ccc(OCc2ccccc2)c(OC)c1. The van der Waals surface area contributed by atoms with Gasteiger partial charge in [0.05, 0.1) is 24.4 Å². The van der Waals surface area contributed by atoms with Gasteiger partial charge in [-0.15, -0.1) is 0 Å². The first kappa shape index (κ1) is 23.8. The van der Waals surface area contributed by atoms with Crippen LogP contribution in [-0.2, 0) is 6.61 Å². The molecule has 3 aromatic carbocycles. The van der Waals surface area contributed by atoms with Crippen molar-refractivity contribution in [3.8, 4) is 17.2 Å². The largest absolute Gasteiger partial charge is 0.493 e. The third-order valence-electron chi connectivity index (χ3n) is 4.36. The number of nitrogens with one attached hydrogen (secondary N) is 1. The lowest BCUT2D eigenvalue weighted by Gasteiger charge is -2.12. The number of halogens is 2. The van der Waals surface area contributed by atoms with Crippen LogP contribution in [0, 0.1) is 0 Å². The topological polar surface area (TPSA) is 69.2 Å². The van der Waals surface area contributed by atoms with E-state index in [0.717, 1.165) is 20.1 Å². The Kier molecular flexibility index (Phi) is 8.70. The monoisotopic (exact) mass is 560 g/mol. The van der Waals surface area contributed by atoms with E-state index in [-0.39, 0.29) is 5.91 Å². The molecule has 0 aliphatic rings. The lowest BCUT2D eigenvalue weighted by molar-refractivity contribution is 0.0954. The van der Waals surface area contributed by atoms with Crippen LogP contribution < -0.4 is 19.6 Å². The average molecular weight is 562 g/mol. The Labute approximate surface area is 203 Å². The zero-order valence-electron chi connectivity index (χ0n) is 17.6. The molecule has 0 saturated carbocycles. The molecule has 0 aliphatic carbocycles. The van der Waals surface area contributed by atoms with Gasteiger partial charge in [-0.2, -0.15) is 5.10 Å². The number of carbonyl (C=O) groups excluding carboxylic acids is 1. The van der Waals surface area contributed by atoms with Crippen molar-refractivity contribution in [2.45, 2.75) is 13.5 Å². The van der Waals surface area contributed by atoms with Crippen molar-refractivity contribution in [2.24, 2.45) is 5.10 Å². The Morgan fingerprint density at radius 1 is 1.03 bits per heavy atom. The van der Waals surface area contributed by atoms with Gasteiger partial charge < -0.3 is 14.2 Å². The molecule has 0 saturated heterocycles. The van der Waals surface area contributed by atoms with Crippen LogP contribution in [0.2, 0.25) is 0 Å². The van der Waals surface area contributed by atoms with Crippen LogP contribution in [0.5, 0.6) is 17.2 Å². The van der Waals surface area contributed by atoms with E-state index in [2.05, 4.69) is 42.4 Å². The molecule has 0 aromatic heterocycles. The van der Waals surface area contributed by atoms with Crippen molar-refractivity contribution in [2.75, 3.05) is 13.7 Å². The van der Waals surface area contributed by atoms with Gasteiger partial charge >= 0.3 is 0 Å². The molecule has 0 radical (unpaired) electrons. The molecule has 166 valence electrons. The third kappa shape index (κ3) is 6.34. The number of rotatable bonds is 9. The molecule has 3 rings (SSSR count). The minimum absolute atomic E-state index is 0.374. The molecule has 6 nitrogen and oxygen atoms in total. The molecule has 3 aromatic rings. The normalized spacial score (nSPS) is 10.8. The zero-order chi connectivity index (χ0) is 22.9. The van der Waals surface area contributed by atoms with Crippen LogP contribution in [0.4, 0.5) is 0 Å². The quantitative estimate of drug-likeness (QED) is 0.258. The van der Waals surface area contributed by atoms with E-state index < -0.39 is 0 Å². The lowest BCUT2D eigenvalue weighted by Crippen LogP contribution is -2.17. The van der Waals surface area contributed by atoms with E-state index in [1.807, 2.05) is 49.4 Å². The summed E-state index contributed by atoms with van der Waals surface area (Å²) in [7, 11) is 1.53. The highest BCUT2D eigenvalue weighted by atomic mass is 79.9. The summed E-state index contributed by atoms with van der Waals surface area (Å²) in [6, 6.07) is 18.5. The van der Waals surface area contributed by atoms with Gasteiger partial charge in [-0.05, 0) is 58.7 Å². The van der Waals surface area contributed by atoms with E-state index in [0.29, 0.717) is 36.0 Å². The molecule has 0 bridgehead atoms. The molecule has 0 unspecified atom stereocenters. The highest BCUT2D eigenvalue weighted by Gasteiger charge is 2.12. The second-order valence-corrected chi connectivity index (χ2v) is 8.35. The molecule has 1 N–H and O–H groups in total. The molecular weight excluding hydrogens is 540 g/mol. The van der Waals surface area contributed by atoms with Gasteiger partial charge in [-0.3, -0.25) is 4.79 Å². The van der Waals surface area contributed by atoms with Gasteiger partial charge in [0.1, 0.15) is 12.4 Å². The summed E-state index contributed by atoms with van der Waals surface area (Å²) in [5, 5.41) is 4.08. The standard InChI is InChI=1S/C24H22Br2N2O4/c1-3-31-23-18(11-19(25)13-20(23)26)14-27-28-24(29)17-9-10-21(22(12-17)30-2)32-15-16-7-5-4-6-8-16/h4-14H,3,15H2,1-2H3,(H,28,29)/b27-14+. The van der Waals surface area contributed by atoms with E-state index in [1.54, 1.807) is 18.2 Å². The number of amides is 1. The third-order valence-corrected chi connectivity index (χ3v) is 5.41. The Hall–Kier alpha value is -2.84. The van der Waals surface area contributed by atoms with Gasteiger partial charge in [0.2, 0.25) is 0 Å². The van der Waals surface area contributed by atoms with Crippen LogP contribution in [-0.4, -0.2) is 25.8 Å². The predicted octanol–water partition coefficient (Wildman–Crippen LogP) is 5.96. The number of benzene rings is 3. The number of hydrogen-bond acceptors (Lipinski definition) is 5. The number of ether oxygens (including phenoxy) is 3. The molecule has 0 heterocycles. The second-order valence-electron chi connectivity index (χ2n) is 6.58. The maximum Gasteiger partial charge on any atom is 0.271 e. The first-order valence-corrected chi connectivity index (χ1v) is 11.4. The van der Waals surface area contributed by atoms with Crippen LogP contribution in [0.25, 0.3) is 0 Å². The van der Waals surface area contributed by atoms with Crippen LogP contribution in [0.3, 0.4) is 0 Å². The summed E-state index contributed by atoms with van der Waals surface area (Å²) in [4.78, 5) is 12.6. The summed E-state index contributed by atoms with van der Waals surface area (Å²) in [6.45, 7) is 2.81. The smallest absolute Gasteiger partial charge is 0.271 e. The van der Waals surface area contributed by atoms with Crippen LogP contribution >= 0.6 is 31.9 Å². The van der Waals surface area contributed by atoms with Crippen LogP contribution in [0.15, 0.2) is 74.7 Å². The number of nitrogens with zero attached hydrogens (tertiary/aromatic N) is 1. The number of hydrazone groups is 1. The predicted molar refractivity (Wildman–Crippen MR) is 132 cm³/mol. The number of methoxy groups -OCH3 is 1. The first-order chi connectivity index (χ1) is 15.5. The number of hydrogen-bond donors (Lipinski definition) is 1. The first-order valence-electron chi connectivity index (χ1n) is 9.81. The highest BCUT2D eigenvalue weighted by molar-refractivity contribution is 9.11. The van der Waals surface area contributed by atoms with E-state index in [1.165, 1.54) is 13.3 Å². The van der Waals surface area contributed by atoms with Gasteiger partial charge in [0, 0.05) is 15.6 Å². The maximum atomic E-state index is 12.6. The fourth-order valence-electron chi connectivity index (χ4n) is 2.86. The summed E-state index contributed by atoms with van der Waals surface area (Å²) < 4.78 is 18.5. The molecule has 1 amide bonds. The van der Waals surface area contributed by atoms with E-state index in [9.17, 15) is 4.79 Å². The lowest BCUT2D eigenvalue weighted by atomic mass is 10.2. The molecular formula is C24H22Br2N2O4.